The molecule has 0 saturated heterocycles. The fraction of sp³-hybridized carbons (Fsp3) is 0.548. The number of nitrogens with zero attached hydrogens (tertiary/aromatic N) is 2. The zero-order chi connectivity index (χ0) is 28.6. The SMILES string of the molecule is COc1ccc(NC(=O)Nc2ccc3c(c2)C(=O)N([C@@H](C)CO)C[C@H](C)[C@@H](CN(C)CC2CCCCC2)O3)cc1. The van der Waals surface area contributed by atoms with Crippen molar-refractivity contribution in [2.45, 2.75) is 58.1 Å². The summed E-state index contributed by atoms with van der Waals surface area (Å²) in [7, 11) is 3.74. The normalized spacial score (nSPS) is 20.6. The Balaban J connectivity index is 1.52. The van der Waals surface area contributed by atoms with Gasteiger partial charge in [-0.1, -0.05) is 26.2 Å². The van der Waals surface area contributed by atoms with E-state index in [1.54, 1.807) is 54.5 Å². The fourth-order valence-electron chi connectivity index (χ4n) is 5.68. The first-order valence-electron chi connectivity index (χ1n) is 14.4. The van der Waals surface area contributed by atoms with Gasteiger partial charge in [0.2, 0.25) is 0 Å². The molecule has 0 spiro atoms. The molecule has 3 N–H and O–H groups in total. The van der Waals surface area contributed by atoms with Crippen molar-refractivity contribution < 1.29 is 24.2 Å². The summed E-state index contributed by atoms with van der Waals surface area (Å²) in [5, 5.41) is 15.5. The Morgan fingerprint density at radius 3 is 2.45 bits per heavy atom. The Hall–Kier alpha value is -3.30. The number of anilines is 2. The van der Waals surface area contributed by atoms with Crippen LogP contribution in [0.15, 0.2) is 42.5 Å². The number of ether oxygens (including phenoxy) is 2. The van der Waals surface area contributed by atoms with Crippen LogP contribution >= 0.6 is 0 Å². The fourth-order valence-corrected chi connectivity index (χ4v) is 5.68. The zero-order valence-electron chi connectivity index (χ0n) is 24.2. The number of aliphatic hydroxyl groups is 1. The van der Waals surface area contributed by atoms with Crippen LogP contribution in [0, 0.1) is 11.8 Å². The highest BCUT2D eigenvalue weighted by molar-refractivity contribution is 6.02. The first kappa shape index (κ1) is 29.7. The van der Waals surface area contributed by atoms with Gasteiger partial charge >= 0.3 is 6.03 Å². The number of methoxy groups -OCH3 is 1. The van der Waals surface area contributed by atoms with Gasteiger partial charge in [-0.2, -0.15) is 0 Å². The standard InChI is InChI=1S/C31H44N4O5/c1-21-17-35(22(2)20-36)30(37)27-16-25(33-31(38)32-24-10-13-26(39-4)14-11-24)12-15-28(27)40-29(21)19-34(3)18-23-8-6-5-7-9-23/h10-16,21-23,29,36H,5-9,17-20H2,1-4H3,(H2,32,33,38)/t21-,22-,29+/m0/s1. The van der Waals surface area contributed by atoms with Crippen LogP contribution in [0.4, 0.5) is 16.2 Å². The van der Waals surface area contributed by atoms with Crippen molar-refractivity contribution in [3.8, 4) is 11.5 Å². The first-order valence-corrected chi connectivity index (χ1v) is 14.4. The topological polar surface area (TPSA) is 103 Å². The number of fused-ring (bicyclic) bond motifs is 1. The van der Waals surface area contributed by atoms with Crippen molar-refractivity contribution in [2.24, 2.45) is 11.8 Å². The molecule has 0 unspecified atom stereocenters. The van der Waals surface area contributed by atoms with E-state index in [2.05, 4.69) is 29.5 Å². The molecule has 2 aromatic rings. The number of urea groups is 1. The molecule has 0 radical (unpaired) electrons. The van der Waals surface area contributed by atoms with Crippen molar-refractivity contribution in [1.29, 1.82) is 0 Å². The van der Waals surface area contributed by atoms with Crippen LogP contribution < -0.4 is 20.1 Å². The summed E-state index contributed by atoms with van der Waals surface area (Å²) in [5.74, 6) is 1.74. The predicted octanol–water partition coefficient (Wildman–Crippen LogP) is 5.07. The molecule has 2 aliphatic rings. The summed E-state index contributed by atoms with van der Waals surface area (Å²) < 4.78 is 11.7. The highest BCUT2D eigenvalue weighted by Crippen LogP contribution is 2.31. The van der Waals surface area contributed by atoms with Gasteiger partial charge in [0.05, 0.1) is 25.3 Å². The third-order valence-electron chi connectivity index (χ3n) is 8.06. The summed E-state index contributed by atoms with van der Waals surface area (Å²) in [5.41, 5.74) is 1.45. The zero-order valence-corrected chi connectivity index (χ0v) is 24.2. The minimum absolute atomic E-state index is 0.0629. The number of carbonyl (C=O) groups is 2. The summed E-state index contributed by atoms with van der Waals surface area (Å²) in [4.78, 5) is 30.5. The minimum atomic E-state index is -0.430. The van der Waals surface area contributed by atoms with Crippen LogP contribution in [0.3, 0.4) is 0 Å². The van der Waals surface area contributed by atoms with Gasteiger partial charge in [0.25, 0.3) is 5.91 Å². The molecule has 0 bridgehead atoms. The molecule has 1 aliphatic heterocycles. The smallest absolute Gasteiger partial charge is 0.323 e. The molecule has 0 aromatic heterocycles. The van der Waals surface area contributed by atoms with E-state index in [1.807, 2.05) is 6.92 Å². The van der Waals surface area contributed by atoms with Gasteiger partial charge < -0.3 is 35.0 Å². The van der Waals surface area contributed by atoms with Crippen LogP contribution in [-0.2, 0) is 0 Å². The van der Waals surface area contributed by atoms with Crippen molar-refractivity contribution >= 4 is 23.3 Å². The Labute approximate surface area is 237 Å². The number of benzene rings is 2. The molecule has 1 fully saturated rings. The molecule has 1 heterocycles. The number of likely N-dealkylation sites (N-methyl/N-ethyl adjacent to an activating group) is 1. The Morgan fingerprint density at radius 2 is 1.77 bits per heavy atom. The Morgan fingerprint density at radius 1 is 1.10 bits per heavy atom. The second-order valence-electron chi connectivity index (χ2n) is 11.4. The van der Waals surface area contributed by atoms with Crippen molar-refractivity contribution in [2.75, 3.05) is 51.0 Å². The maximum absolute atomic E-state index is 13.7. The van der Waals surface area contributed by atoms with Gasteiger partial charge in [-0.05, 0) is 75.2 Å². The maximum Gasteiger partial charge on any atom is 0.323 e. The van der Waals surface area contributed by atoms with Gasteiger partial charge in [-0.25, -0.2) is 4.79 Å². The number of amides is 3. The number of hydrogen-bond acceptors (Lipinski definition) is 6. The van der Waals surface area contributed by atoms with Crippen molar-refractivity contribution in [1.82, 2.24) is 9.80 Å². The molecular formula is C31H44N4O5. The second kappa shape index (κ2) is 13.9. The van der Waals surface area contributed by atoms with Crippen molar-refractivity contribution in [3.05, 3.63) is 48.0 Å². The molecule has 3 atom stereocenters. The summed E-state index contributed by atoms with van der Waals surface area (Å²) in [6.45, 7) is 6.08. The van der Waals surface area contributed by atoms with Gasteiger partial charge in [-0.15, -0.1) is 0 Å². The molecule has 9 heteroatoms. The average Bonchev–Trinajstić information content (AvgIpc) is 2.95. The van der Waals surface area contributed by atoms with Crippen LogP contribution in [-0.4, -0.2) is 79.4 Å². The van der Waals surface area contributed by atoms with Gasteiger partial charge in [0.1, 0.15) is 17.6 Å². The van der Waals surface area contributed by atoms with E-state index in [0.29, 0.717) is 35.0 Å². The number of aliphatic hydroxyl groups excluding tert-OH is 1. The predicted molar refractivity (Wildman–Crippen MR) is 157 cm³/mol. The lowest BCUT2D eigenvalue weighted by atomic mass is 9.89. The third-order valence-corrected chi connectivity index (χ3v) is 8.06. The largest absolute Gasteiger partial charge is 0.497 e. The van der Waals surface area contributed by atoms with Gasteiger partial charge in [-0.3, -0.25) is 4.79 Å². The van der Waals surface area contributed by atoms with Crippen LogP contribution in [0.5, 0.6) is 11.5 Å². The Kier molecular flexibility index (Phi) is 10.3. The lowest BCUT2D eigenvalue weighted by Crippen LogP contribution is -2.50. The number of carbonyl (C=O) groups excluding carboxylic acids is 2. The van der Waals surface area contributed by atoms with E-state index in [0.717, 1.165) is 19.0 Å². The van der Waals surface area contributed by atoms with E-state index in [9.17, 15) is 14.7 Å². The van der Waals surface area contributed by atoms with E-state index in [-0.39, 0.29) is 30.6 Å². The molecule has 3 amide bonds. The highest BCUT2D eigenvalue weighted by atomic mass is 16.5. The van der Waals surface area contributed by atoms with E-state index < -0.39 is 6.03 Å². The van der Waals surface area contributed by atoms with E-state index in [1.165, 1.54) is 32.1 Å². The van der Waals surface area contributed by atoms with Gasteiger partial charge in [0, 0.05) is 36.9 Å². The third kappa shape index (κ3) is 7.67. The lowest BCUT2D eigenvalue weighted by molar-refractivity contribution is 0.0330. The molecule has 1 saturated carbocycles. The van der Waals surface area contributed by atoms with E-state index in [4.69, 9.17) is 9.47 Å². The highest BCUT2D eigenvalue weighted by Gasteiger charge is 2.34. The lowest BCUT2D eigenvalue weighted by Gasteiger charge is -2.38. The van der Waals surface area contributed by atoms with E-state index >= 15 is 0 Å². The summed E-state index contributed by atoms with van der Waals surface area (Å²) in [6.07, 6.45) is 6.40. The van der Waals surface area contributed by atoms with Crippen LogP contribution in [0.25, 0.3) is 0 Å². The van der Waals surface area contributed by atoms with Crippen LogP contribution in [0.1, 0.15) is 56.3 Å². The molecule has 218 valence electrons. The first-order chi connectivity index (χ1) is 19.3. The maximum atomic E-state index is 13.7. The molecular weight excluding hydrogens is 508 g/mol. The summed E-state index contributed by atoms with van der Waals surface area (Å²) >= 11 is 0. The second-order valence-corrected chi connectivity index (χ2v) is 11.4. The average molecular weight is 553 g/mol. The monoisotopic (exact) mass is 552 g/mol. The molecule has 9 nitrogen and oxygen atoms in total. The van der Waals surface area contributed by atoms with Crippen LogP contribution in [0.2, 0.25) is 0 Å². The van der Waals surface area contributed by atoms with Gasteiger partial charge in [0.15, 0.2) is 0 Å². The number of rotatable bonds is 9. The summed E-state index contributed by atoms with van der Waals surface area (Å²) in [6, 6.07) is 11.4. The molecule has 40 heavy (non-hydrogen) atoms. The molecule has 1 aliphatic carbocycles. The molecule has 2 aromatic carbocycles. The molecule has 4 rings (SSSR count). The minimum Gasteiger partial charge on any atom is -0.497 e. The number of hydrogen-bond donors (Lipinski definition) is 3. The number of nitrogens with one attached hydrogen (secondary N) is 2. The quantitative estimate of drug-likeness (QED) is 0.401. The Bertz CT molecular complexity index is 1140. The van der Waals surface area contributed by atoms with Crippen molar-refractivity contribution in [3.63, 3.8) is 0 Å².